The molecule has 1 aromatic carbocycles. The molecule has 0 saturated carbocycles. The van der Waals surface area contributed by atoms with E-state index in [2.05, 4.69) is 15.4 Å². The lowest BCUT2D eigenvalue weighted by atomic mass is 10.1. The average molecular weight is 345 g/mol. The predicted molar refractivity (Wildman–Crippen MR) is 92.5 cm³/mol. The molecule has 134 valence electrons. The van der Waals surface area contributed by atoms with Gasteiger partial charge in [-0.1, -0.05) is 18.2 Å². The van der Waals surface area contributed by atoms with E-state index in [1.807, 2.05) is 44.2 Å². The van der Waals surface area contributed by atoms with Crippen LogP contribution in [0.2, 0.25) is 0 Å². The Morgan fingerprint density at radius 3 is 2.84 bits per heavy atom. The standard InChI is InChI=1S/C17H23N5O3/c1-17(2)11-22(16(23)19-15-18-12-21(3)20-15)9-14(25-17)10-24-13-7-5-4-6-8-13/h4-8,12,14H,9-11H2,1-3H3,(H,19,20,23). The smallest absolute Gasteiger partial charge is 0.324 e. The molecule has 1 saturated heterocycles. The minimum atomic E-state index is -0.460. The molecule has 0 spiro atoms. The van der Waals surface area contributed by atoms with Gasteiger partial charge in [-0.3, -0.25) is 10.00 Å². The van der Waals surface area contributed by atoms with Crippen molar-refractivity contribution in [2.75, 3.05) is 25.0 Å². The second kappa shape index (κ2) is 7.10. The van der Waals surface area contributed by atoms with Gasteiger partial charge in [0.1, 0.15) is 24.8 Å². The van der Waals surface area contributed by atoms with Crippen molar-refractivity contribution < 1.29 is 14.3 Å². The van der Waals surface area contributed by atoms with E-state index in [1.165, 1.54) is 11.0 Å². The summed E-state index contributed by atoms with van der Waals surface area (Å²) in [5, 5.41) is 6.78. The highest BCUT2D eigenvalue weighted by molar-refractivity contribution is 5.87. The van der Waals surface area contributed by atoms with Gasteiger partial charge >= 0.3 is 6.03 Å². The third-order valence-electron chi connectivity index (χ3n) is 3.77. The molecule has 1 aliphatic heterocycles. The van der Waals surface area contributed by atoms with Crippen LogP contribution in [0.25, 0.3) is 0 Å². The molecule has 0 radical (unpaired) electrons. The topological polar surface area (TPSA) is 81.5 Å². The number of ether oxygens (including phenoxy) is 2. The van der Waals surface area contributed by atoms with E-state index in [4.69, 9.17) is 9.47 Å². The molecule has 3 rings (SSSR count). The van der Waals surface area contributed by atoms with E-state index in [0.29, 0.717) is 19.7 Å². The Hall–Kier alpha value is -2.61. The SMILES string of the molecule is Cn1cnc(NC(=O)N2CC(COc3ccccc3)OC(C)(C)C2)n1. The first-order chi connectivity index (χ1) is 11.9. The normalized spacial score (nSPS) is 19.5. The minimum Gasteiger partial charge on any atom is -0.491 e. The van der Waals surface area contributed by atoms with Crippen molar-refractivity contribution >= 4 is 12.0 Å². The number of morpholine rings is 1. The number of anilines is 1. The van der Waals surface area contributed by atoms with Crippen molar-refractivity contribution in [1.82, 2.24) is 19.7 Å². The summed E-state index contributed by atoms with van der Waals surface area (Å²) in [5.41, 5.74) is -0.460. The zero-order chi connectivity index (χ0) is 17.9. The van der Waals surface area contributed by atoms with Gasteiger partial charge in [-0.25, -0.2) is 9.78 Å². The Balaban J connectivity index is 1.60. The number of carbonyl (C=O) groups is 1. The van der Waals surface area contributed by atoms with Crippen molar-refractivity contribution in [3.05, 3.63) is 36.7 Å². The molecule has 2 aromatic rings. The molecule has 8 heteroatoms. The molecule has 2 amide bonds. The van der Waals surface area contributed by atoms with Gasteiger partial charge in [0.2, 0.25) is 5.95 Å². The molecular weight excluding hydrogens is 322 g/mol. The number of carbonyl (C=O) groups excluding carboxylic acids is 1. The Bertz CT molecular complexity index is 716. The van der Waals surface area contributed by atoms with Crippen molar-refractivity contribution in [2.45, 2.75) is 25.6 Å². The molecule has 1 fully saturated rings. The summed E-state index contributed by atoms with van der Waals surface area (Å²) >= 11 is 0. The van der Waals surface area contributed by atoms with Crippen molar-refractivity contribution in [2.24, 2.45) is 7.05 Å². The third-order valence-corrected chi connectivity index (χ3v) is 3.77. The summed E-state index contributed by atoms with van der Waals surface area (Å²) in [6, 6.07) is 9.31. The Labute approximate surface area is 146 Å². The molecule has 1 unspecified atom stereocenters. The number of aromatic nitrogens is 3. The van der Waals surface area contributed by atoms with E-state index in [9.17, 15) is 4.79 Å². The summed E-state index contributed by atoms with van der Waals surface area (Å²) < 4.78 is 13.4. The van der Waals surface area contributed by atoms with Crippen LogP contribution in [0.3, 0.4) is 0 Å². The molecule has 25 heavy (non-hydrogen) atoms. The van der Waals surface area contributed by atoms with E-state index in [1.54, 1.807) is 11.9 Å². The molecule has 1 N–H and O–H groups in total. The number of aryl methyl sites for hydroxylation is 1. The number of hydrogen-bond donors (Lipinski definition) is 1. The molecule has 1 aromatic heterocycles. The van der Waals surface area contributed by atoms with Crippen molar-refractivity contribution in [1.29, 1.82) is 0 Å². The number of amides is 2. The Morgan fingerprint density at radius 2 is 2.16 bits per heavy atom. The Kier molecular flexibility index (Phi) is 4.89. The fourth-order valence-corrected chi connectivity index (χ4v) is 2.81. The summed E-state index contributed by atoms with van der Waals surface area (Å²) in [6.45, 7) is 5.21. The van der Waals surface area contributed by atoms with Crippen LogP contribution in [0, 0.1) is 0 Å². The lowest BCUT2D eigenvalue weighted by molar-refractivity contribution is -0.134. The monoisotopic (exact) mass is 345 g/mol. The van der Waals surface area contributed by atoms with Crippen LogP contribution < -0.4 is 10.1 Å². The van der Waals surface area contributed by atoms with Gasteiger partial charge in [-0.05, 0) is 26.0 Å². The minimum absolute atomic E-state index is 0.216. The Morgan fingerprint density at radius 1 is 1.40 bits per heavy atom. The second-order valence-corrected chi connectivity index (χ2v) is 6.68. The highest BCUT2D eigenvalue weighted by Crippen LogP contribution is 2.22. The predicted octanol–water partition coefficient (Wildman–Crippen LogP) is 1.91. The average Bonchev–Trinajstić information content (AvgIpc) is 2.97. The van der Waals surface area contributed by atoms with Gasteiger partial charge in [-0.15, -0.1) is 5.10 Å². The van der Waals surface area contributed by atoms with Crippen LogP contribution >= 0.6 is 0 Å². The van der Waals surface area contributed by atoms with Crippen LogP contribution in [-0.2, 0) is 11.8 Å². The summed E-state index contributed by atoms with van der Waals surface area (Å²) in [7, 11) is 1.75. The van der Waals surface area contributed by atoms with E-state index in [-0.39, 0.29) is 18.1 Å². The van der Waals surface area contributed by atoms with Gasteiger partial charge in [0.15, 0.2) is 0 Å². The molecule has 2 heterocycles. The number of rotatable bonds is 4. The number of hydrogen-bond acceptors (Lipinski definition) is 5. The lowest BCUT2D eigenvalue weighted by Gasteiger charge is -2.42. The van der Waals surface area contributed by atoms with Crippen LogP contribution in [0.1, 0.15) is 13.8 Å². The van der Waals surface area contributed by atoms with Crippen LogP contribution in [0.5, 0.6) is 5.75 Å². The zero-order valence-corrected chi connectivity index (χ0v) is 14.7. The fourth-order valence-electron chi connectivity index (χ4n) is 2.81. The van der Waals surface area contributed by atoms with Crippen molar-refractivity contribution in [3.63, 3.8) is 0 Å². The quantitative estimate of drug-likeness (QED) is 0.915. The maximum atomic E-state index is 12.5. The molecular formula is C17H23N5O3. The molecule has 8 nitrogen and oxygen atoms in total. The largest absolute Gasteiger partial charge is 0.491 e. The van der Waals surface area contributed by atoms with Crippen LogP contribution in [0.4, 0.5) is 10.7 Å². The maximum absolute atomic E-state index is 12.5. The molecule has 1 aliphatic rings. The summed E-state index contributed by atoms with van der Waals surface area (Å²) in [4.78, 5) is 18.2. The molecule has 1 atom stereocenters. The summed E-state index contributed by atoms with van der Waals surface area (Å²) in [5.74, 6) is 1.07. The van der Waals surface area contributed by atoms with Crippen molar-refractivity contribution in [3.8, 4) is 5.75 Å². The second-order valence-electron chi connectivity index (χ2n) is 6.68. The van der Waals surface area contributed by atoms with Crippen LogP contribution in [0.15, 0.2) is 36.7 Å². The number of nitrogens with one attached hydrogen (secondary N) is 1. The van der Waals surface area contributed by atoms with E-state index in [0.717, 1.165) is 5.75 Å². The highest BCUT2D eigenvalue weighted by atomic mass is 16.5. The number of benzene rings is 1. The first-order valence-electron chi connectivity index (χ1n) is 8.18. The van der Waals surface area contributed by atoms with Gasteiger partial charge < -0.3 is 14.4 Å². The number of urea groups is 1. The third kappa shape index (κ3) is 4.69. The van der Waals surface area contributed by atoms with Gasteiger partial charge in [-0.2, -0.15) is 0 Å². The maximum Gasteiger partial charge on any atom is 0.324 e. The first kappa shape index (κ1) is 17.2. The van der Waals surface area contributed by atoms with E-state index >= 15 is 0 Å². The molecule has 0 bridgehead atoms. The lowest BCUT2D eigenvalue weighted by Crippen LogP contribution is -2.57. The number of para-hydroxylation sites is 1. The van der Waals surface area contributed by atoms with Crippen LogP contribution in [-0.4, -0.2) is 57.1 Å². The van der Waals surface area contributed by atoms with E-state index < -0.39 is 5.60 Å². The summed E-state index contributed by atoms with van der Waals surface area (Å²) in [6.07, 6.45) is 1.32. The highest BCUT2D eigenvalue weighted by Gasteiger charge is 2.36. The van der Waals surface area contributed by atoms with Gasteiger partial charge in [0.05, 0.1) is 18.7 Å². The zero-order valence-electron chi connectivity index (χ0n) is 14.7. The van der Waals surface area contributed by atoms with Gasteiger partial charge in [0.25, 0.3) is 0 Å². The fraction of sp³-hybridized carbons (Fsp3) is 0.471. The number of nitrogens with zero attached hydrogens (tertiary/aromatic N) is 4. The molecule has 0 aliphatic carbocycles. The first-order valence-corrected chi connectivity index (χ1v) is 8.18. The van der Waals surface area contributed by atoms with Gasteiger partial charge in [0, 0.05) is 7.05 Å².